The number of aryl methyl sites for hydroxylation is 1. The summed E-state index contributed by atoms with van der Waals surface area (Å²) in [5.74, 6) is 0.636. The fourth-order valence-corrected chi connectivity index (χ4v) is 5.18. The summed E-state index contributed by atoms with van der Waals surface area (Å²) in [4.78, 5) is 12.8. The Bertz CT molecular complexity index is 1000. The summed E-state index contributed by atoms with van der Waals surface area (Å²) in [6.45, 7) is 2.34. The molecule has 29 heavy (non-hydrogen) atoms. The van der Waals surface area contributed by atoms with Gasteiger partial charge in [-0.05, 0) is 55.2 Å². The summed E-state index contributed by atoms with van der Waals surface area (Å²) in [5.41, 5.74) is 2.57. The molecule has 0 aromatic heterocycles. The van der Waals surface area contributed by atoms with Crippen LogP contribution in [0.4, 0.5) is 11.4 Å². The number of rotatable bonds is 7. The van der Waals surface area contributed by atoms with Crippen LogP contribution in [0, 0.1) is 0 Å². The zero-order chi connectivity index (χ0) is 21.0. The van der Waals surface area contributed by atoms with Crippen LogP contribution in [0.25, 0.3) is 0 Å². The van der Waals surface area contributed by atoms with E-state index in [-0.39, 0.29) is 11.7 Å². The smallest absolute Gasteiger partial charge is 0.259 e. The molecule has 1 N–H and O–H groups in total. The van der Waals surface area contributed by atoms with Gasteiger partial charge >= 0.3 is 0 Å². The third kappa shape index (κ3) is 4.32. The number of ether oxygens (including phenoxy) is 2. The normalized spacial score (nSPS) is 13.6. The highest BCUT2D eigenvalue weighted by molar-refractivity contribution is 7.92. The predicted octanol–water partition coefficient (Wildman–Crippen LogP) is 3.45. The maximum Gasteiger partial charge on any atom is 0.259 e. The molecule has 156 valence electrons. The third-order valence-electron chi connectivity index (χ3n) is 4.86. The van der Waals surface area contributed by atoms with E-state index in [1.54, 1.807) is 30.3 Å². The molecule has 7 nitrogen and oxygen atoms in total. The number of carbonyl (C=O) groups is 1. The first-order valence-corrected chi connectivity index (χ1v) is 11.2. The van der Waals surface area contributed by atoms with Crippen LogP contribution >= 0.6 is 0 Å². The minimum Gasteiger partial charge on any atom is -0.493 e. The molecule has 0 saturated heterocycles. The van der Waals surface area contributed by atoms with E-state index in [0.29, 0.717) is 41.4 Å². The minimum atomic E-state index is -3.33. The van der Waals surface area contributed by atoms with E-state index < -0.39 is 10.0 Å². The van der Waals surface area contributed by atoms with Crippen molar-refractivity contribution in [1.29, 1.82) is 0 Å². The van der Waals surface area contributed by atoms with E-state index in [1.807, 2.05) is 13.0 Å². The van der Waals surface area contributed by atoms with Crippen molar-refractivity contribution < 1.29 is 22.7 Å². The number of benzene rings is 2. The van der Waals surface area contributed by atoms with E-state index in [2.05, 4.69) is 5.32 Å². The average molecular weight is 419 g/mol. The maximum absolute atomic E-state index is 12.8. The van der Waals surface area contributed by atoms with Crippen molar-refractivity contribution in [2.45, 2.75) is 26.2 Å². The Morgan fingerprint density at radius 2 is 1.97 bits per heavy atom. The molecule has 0 bridgehead atoms. The second-order valence-electron chi connectivity index (χ2n) is 6.83. The van der Waals surface area contributed by atoms with Gasteiger partial charge in [0, 0.05) is 12.2 Å². The summed E-state index contributed by atoms with van der Waals surface area (Å²) in [7, 11) is -0.327. The Balaban J connectivity index is 1.87. The Kier molecular flexibility index (Phi) is 6.32. The Labute approximate surface area is 171 Å². The van der Waals surface area contributed by atoms with Gasteiger partial charge in [0.25, 0.3) is 5.91 Å². The first kappa shape index (κ1) is 21.0. The van der Waals surface area contributed by atoms with Gasteiger partial charge in [0.2, 0.25) is 10.0 Å². The van der Waals surface area contributed by atoms with Crippen molar-refractivity contribution in [1.82, 2.24) is 0 Å². The molecular formula is C21H26N2O5S. The van der Waals surface area contributed by atoms with Gasteiger partial charge in [-0.3, -0.25) is 9.10 Å². The van der Waals surface area contributed by atoms with Crippen LogP contribution in [0.5, 0.6) is 11.5 Å². The van der Waals surface area contributed by atoms with Crippen molar-refractivity contribution in [3.05, 3.63) is 47.5 Å². The van der Waals surface area contributed by atoms with Crippen molar-refractivity contribution in [3.63, 3.8) is 0 Å². The number of fused-ring (bicyclic) bond motifs is 1. The molecule has 2 aromatic rings. The molecule has 0 spiro atoms. The molecule has 2 aromatic carbocycles. The standard InChI is InChI=1S/C21H26N2O5S/c1-4-13-29(25,26)23-12-6-7-15-14-16(10-11-18(15)23)22-21(24)17-8-5-9-19(27-2)20(17)28-3/h5,8-11,14H,4,6-7,12-13H2,1-3H3,(H,22,24). The van der Waals surface area contributed by atoms with Gasteiger partial charge in [-0.15, -0.1) is 0 Å². The molecule has 3 rings (SSSR count). The fourth-order valence-electron chi connectivity index (χ4n) is 3.56. The highest BCUT2D eigenvalue weighted by Gasteiger charge is 2.27. The molecule has 0 fully saturated rings. The van der Waals surface area contributed by atoms with Crippen molar-refractivity contribution in [2.24, 2.45) is 0 Å². The monoisotopic (exact) mass is 418 g/mol. The zero-order valence-corrected chi connectivity index (χ0v) is 17.7. The molecule has 8 heteroatoms. The van der Waals surface area contributed by atoms with Crippen LogP contribution in [0.15, 0.2) is 36.4 Å². The third-order valence-corrected chi connectivity index (χ3v) is 6.83. The highest BCUT2D eigenvalue weighted by Crippen LogP contribution is 2.34. The van der Waals surface area contributed by atoms with Gasteiger partial charge in [-0.25, -0.2) is 8.42 Å². The summed E-state index contributed by atoms with van der Waals surface area (Å²) >= 11 is 0. The number of nitrogens with one attached hydrogen (secondary N) is 1. The topological polar surface area (TPSA) is 84.9 Å². The summed E-state index contributed by atoms with van der Waals surface area (Å²) in [6, 6.07) is 10.4. The van der Waals surface area contributed by atoms with Crippen LogP contribution in [0.3, 0.4) is 0 Å². The molecule has 0 saturated carbocycles. The van der Waals surface area contributed by atoms with Crippen LogP contribution < -0.4 is 19.1 Å². The predicted molar refractivity (Wildman–Crippen MR) is 114 cm³/mol. The van der Waals surface area contributed by atoms with Crippen LogP contribution in [0.1, 0.15) is 35.7 Å². The highest BCUT2D eigenvalue weighted by atomic mass is 32.2. The Morgan fingerprint density at radius 3 is 2.66 bits per heavy atom. The molecule has 1 aliphatic heterocycles. The quantitative estimate of drug-likeness (QED) is 0.744. The number of sulfonamides is 1. The van der Waals surface area contributed by atoms with E-state index in [1.165, 1.54) is 18.5 Å². The molecule has 0 aliphatic carbocycles. The number of methoxy groups -OCH3 is 2. The molecule has 1 amide bonds. The lowest BCUT2D eigenvalue weighted by Crippen LogP contribution is -2.37. The zero-order valence-electron chi connectivity index (χ0n) is 16.9. The number of anilines is 2. The largest absolute Gasteiger partial charge is 0.493 e. The van der Waals surface area contributed by atoms with Gasteiger partial charge in [0.15, 0.2) is 11.5 Å². The average Bonchev–Trinajstić information content (AvgIpc) is 2.72. The number of carbonyl (C=O) groups excluding carboxylic acids is 1. The van der Waals surface area contributed by atoms with Gasteiger partial charge < -0.3 is 14.8 Å². The Morgan fingerprint density at radius 1 is 1.17 bits per heavy atom. The van der Waals surface area contributed by atoms with Crippen LogP contribution in [0.2, 0.25) is 0 Å². The van der Waals surface area contributed by atoms with E-state index >= 15 is 0 Å². The SMILES string of the molecule is CCCS(=O)(=O)N1CCCc2cc(NC(=O)c3cccc(OC)c3OC)ccc21. The van der Waals surface area contributed by atoms with E-state index in [4.69, 9.17) is 9.47 Å². The number of hydrogen-bond acceptors (Lipinski definition) is 5. The molecule has 1 aliphatic rings. The number of hydrogen-bond donors (Lipinski definition) is 1. The maximum atomic E-state index is 12.8. The number of para-hydroxylation sites is 1. The van der Waals surface area contributed by atoms with E-state index in [0.717, 1.165) is 18.4 Å². The first-order chi connectivity index (χ1) is 13.9. The van der Waals surface area contributed by atoms with Crippen LogP contribution in [-0.2, 0) is 16.4 Å². The van der Waals surface area contributed by atoms with Crippen molar-refractivity contribution in [3.8, 4) is 11.5 Å². The second-order valence-corrected chi connectivity index (χ2v) is 8.84. The summed E-state index contributed by atoms with van der Waals surface area (Å²) in [5, 5.41) is 2.87. The fraction of sp³-hybridized carbons (Fsp3) is 0.381. The Hall–Kier alpha value is -2.74. The first-order valence-electron chi connectivity index (χ1n) is 9.57. The lowest BCUT2D eigenvalue weighted by molar-refractivity contribution is 0.102. The molecule has 1 heterocycles. The molecular weight excluding hydrogens is 392 g/mol. The summed E-state index contributed by atoms with van der Waals surface area (Å²) in [6.07, 6.45) is 2.08. The molecule has 0 radical (unpaired) electrons. The molecule has 0 unspecified atom stereocenters. The van der Waals surface area contributed by atoms with Gasteiger partial charge in [-0.1, -0.05) is 13.0 Å². The van der Waals surface area contributed by atoms with Crippen molar-refractivity contribution in [2.75, 3.05) is 36.1 Å². The molecule has 0 atom stereocenters. The van der Waals surface area contributed by atoms with Gasteiger partial charge in [0.05, 0.1) is 31.2 Å². The lowest BCUT2D eigenvalue weighted by atomic mass is 10.0. The van der Waals surface area contributed by atoms with Gasteiger partial charge in [-0.2, -0.15) is 0 Å². The summed E-state index contributed by atoms with van der Waals surface area (Å²) < 4.78 is 37.2. The van der Waals surface area contributed by atoms with Gasteiger partial charge in [0.1, 0.15) is 0 Å². The number of amides is 1. The van der Waals surface area contributed by atoms with Crippen LogP contribution in [-0.4, -0.2) is 40.8 Å². The van der Waals surface area contributed by atoms with Crippen molar-refractivity contribution >= 4 is 27.3 Å². The van der Waals surface area contributed by atoms with E-state index in [9.17, 15) is 13.2 Å². The second kappa shape index (κ2) is 8.73. The lowest BCUT2D eigenvalue weighted by Gasteiger charge is -2.30. The minimum absolute atomic E-state index is 0.126. The number of nitrogens with zero attached hydrogens (tertiary/aromatic N) is 1.